The molecule has 2 rings (SSSR count). The van der Waals surface area contributed by atoms with E-state index in [2.05, 4.69) is 5.32 Å². The van der Waals surface area contributed by atoms with E-state index in [1.807, 2.05) is 6.92 Å². The van der Waals surface area contributed by atoms with E-state index in [0.29, 0.717) is 23.8 Å². The van der Waals surface area contributed by atoms with Gasteiger partial charge in [-0.25, -0.2) is 9.18 Å². The molecule has 0 spiro atoms. The van der Waals surface area contributed by atoms with Gasteiger partial charge in [-0.2, -0.15) is 0 Å². The lowest BCUT2D eigenvalue weighted by molar-refractivity contribution is -0.153. The Morgan fingerprint density at radius 2 is 1.65 bits per heavy atom. The van der Waals surface area contributed by atoms with Gasteiger partial charge in [-0.3, -0.25) is 4.79 Å². The van der Waals surface area contributed by atoms with Crippen molar-refractivity contribution in [3.8, 4) is 11.5 Å². The summed E-state index contributed by atoms with van der Waals surface area (Å²) >= 11 is 0. The van der Waals surface area contributed by atoms with Gasteiger partial charge in [0.15, 0.2) is 12.7 Å². The van der Waals surface area contributed by atoms with Gasteiger partial charge in [0.2, 0.25) is 0 Å². The van der Waals surface area contributed by atoms with Gasteiger partial charge in [0.05, 0.1) is 6.61 Å². The van der Waals surface area contributed by atoms with Gasteiger partial charge in [0.1, 0.15) is 17.3 Å². The molecule has 7 heteroatoms. The molecule has 26 heavy (non-hydrogen) atoms. The summed E-state index contributed by atoms with van der Waals surface area (Å²) in [4.78, 5) is 23.7. The topological polar surface area (TPSA) is 73.9 Å². The zero-order chi connectivity index (χ0) is 18.9. The van der Waals surface area contributed by atoms with Crippen molar-refractivity contribution in [3.63, 3.8) is 0 Å². The number of carbonyl (C=O) groups is 2. The van der Waals surface area contributed by atoms with Gasteiger partial charge in [-0.1, -0.05) is 0 Å². The first-order valence-corrected chi connectivity index (χ1v) is 8.09. The minimum Gasteiger partial charge on any atom is -0.494 e. The Kier molecular flexibility index (Phi) is 6.96. The fraction of sp³-hybridized carbons (Fsp3) is 0.263. The highest BCUT2D eigenvalue weighted by molar-refractivity contribution is 5.93. The highest BCUT2D eigenvalue weighted by Crippen LogP contribution is 2.16. The van der Waals surface area contributed by atoms with E-state index < -0.39 is 30.4 Å². The molecule has 0 saturated carbocycles. The number of carbonyl (C=O) groups excluding carboxylic acids is 2. The average molecular weight is 361 g/mol. The van der Waals surface area contributed by atoms with Crippen molar-refractivity contribution in [2.45, 2.75) is 20.0 Å². The molecule has 0 aliphatic rings. The fourth-order valence-corrected chi connectivity index (χ4v) is 2.02. The average Bonchev–Trinajstić information content (AvgIpc) is 2.63. The van der Waals surface area contributed by atoms with Gasteiger partial charge >= 0.3 is 5.97 Å². The third-order valence-electron chi connectivity index (χ3n) is 3.25. The quantitative estimate of drug-likeness (QED) is 0.731. The summed E-state index contributed by atoms with van der Waals surface area (Å²) in [7, 11) is 0. The number of benzene rings is 2. The SMILES string of the molecule is CCOc1ccc(NC(=O)COC(=O)[C@H](C)Oc2ccc(F)cc2)cc1. The van der Waals surface area contributed by atoms with E-state index in [1.165, 1.54) is 31.2 Å². The van der Waals surface area contributed by atoms with Crippen molar-refractivity contribution in [3.05, 3.63) is 54.3 Å². The summed E-state index contributed by atoms with van der Waals surface area (Å²) in [6, 6.07) is 12.1. The molecular formula is C19H20FNO5. The molecule has 1 amide bonds. The largest absolute Gasteiger partial charge is 0.494 e. The van der Waals surface area contributed by atoms with Crippen molar-refractivity contribution in [2.75, 3.05) is 18.5 Å². The Balaban J connectivity index is 1.76. The maximum absolute atomic E-state index is 12.8. The second-order valence-corrected chi connectivity index (χ2v) is 5.33. The molecule has 1 N–H and O–H groups in total. The molecule has 1 atom stereocenters. The number of esters is 1. The van der Waals surface area contributed by atoms with E-state index in [4.69, 9.17) is 14.2 Å². The predicted octanol–water partition coefficient (Wildman–Crippen LogP) is 3.17. The second-order valence-electron chi connectivity index (χ2n) is 5.33. The van der Waals surface area contributed by atoms with Crippen LogP contribution < -0.4 is 14.8 Å². The number of rotatable bonds is 8. The molecule has 0 fully saturated rings. The number of amides is 1. The Morgan fingerprint density at radius 3 is 2.27 bits per heavy atom. The van der Waals surface area contributed by atoms with Crippen LogP contribution in [-0.2, 0) is 14.3 Å². The van der Waals surface area contributed by atoms with E-state index in [0.717, 1.165) is 0 Å². The monoisotopic (exact) mass is 361 g/mol. The minimum absolute atomic E-state index is 0.328. The zero-order valence-electron chi connectivity index (χ0n) is 14.5. The fourth-order valence-electron chi connectivity index (χ4n) is 2.02. The maximum Gasteiger partial charge on any atom is 0.347 e. The summed E-state index contributed by atoms with van der Waals surface area (Å²) in [5.74, 6) is -0.551. The van der Waals surface area contributed by atoms with E-state index in [9.17, 15) is 14.0 Å². The normalized spacial score (nSPS) is 11.3. The standard InChI is InChI=1S/C19H20FNO5/c1-3-24-16-10-6-15(7-11-16)21-18(22)12-25-19(23)13(2)26-17-8-4-14(20)5-9-17/h4-11,13H,3,12H2,1-2H3,(H,21,22)/t13-/m0/s1. The van der Waals surface area contributed by atoms with Crippen LogP contribution in [0, 0.1) is 5.82 Å². The molecular weight excluding hydrogens is 341 g/mol. The molecule has 2 aromatic carbocycles. The minimum atomic E-state index is -0.932. The summed E-state index contributed by atoms with van der Waals surface area (Å²) in [5.41, 5.74) is 0.560. The summed E-state index contributed by atoms with van der Waals surface area (Å²) in [6.45, 7) is 3.48. The molecule has 0 aliphatic carbocycles. The number of nitrogens with one attached hydrogen (secondary N) is 1. The van der Waals surface area contributed by atoms with E-state index in [-0.39, 0.29) is 0 Å². The summed E-state index contributed by atoms with van der Waals surface area (Å²) < 4.78 is 28.4. The third-order valence-corrected chi connectivity index (χ3v) is 3.25. The predicted molar refractivity (Wildman–Crippen MR) is 93.7 cm³/mol. The van der Waals surface area contributed by atoms with E-state index >= 15 is 0 Å². The highest BCUT2D eigenvalue weighted by Gasteiger charge is 2.18. The van der Waals surface area contributed by atoms with Gasteiger partial charge in [0, 0.05) is 5.69 Å². The third kappa shape index (κ3) is 6.08. The lowest BCUT2D eigenvalue weighted by atomic mass is 10.3. The van der Waals surface area contributed by atoms with Crippen LogP contribution in [0.1, 0.15) is 13.8 Å². The van der Waals surface area contributed by atoms with Crippen LogP contribution in [0.15, 0.2) is 48.5 Å². The highest BCUT2D eigenvalue weighted by atomic mass is 19.1. The first kappa shape index (κ1) is 19.2. The second kappa shape index (κ2) is 9.41. The Morgan fingerprint density at radius 1 is 1.04 bits per heavy atom. The molecule has 0 aliphatic heterocycles. The van der Waals surface area contributed by atoms with Crippen LogP contribution in [0.4, 0.5) is 10.1 Å². The molecule has 0 radical (unpaired) electrons. The van der Waals surface area contributed by atoms with Crippen LogP contribution in [0.5, 0.6) is 11.5 Å². The Hall–Kier alpha value is -3.09. The number of anilines is 1. The molecule has 0 unspecified atom stereocenters. The van der Waals surface area contributed by atoms with Crippen LogP contribution in [0.25, 0.3) is 0 Å². The Bertz CT molecular complexity index is 731. The molecule has 6 nitrogen and oxygen atoms in total. The van der Waals surface area contributed by atoms with Crippen molar-refractivity contribution in [1.82, 2.24) is 0 Å². The van der Waals surface area contributed by atoms with E-state index in [1.54, 1.807) is 24.3 Å². The first-order chi connectivity index (χ1) is 12.5. The lowest BCUT2D eigenvalue weighted by Crippen LogP contribution is -2.29. The molecule has 0 heterocycles. The number of halogens is 1. The smallest absolute Gasteiger partial charge is 0.347 e. The summed E-state index contributed by atoms with van der Waals surface area (Å²) in [5, 5.41) is 2.61. The van der Waals surface area contributed by atoms with Crippen LogP contribution in [0.2, 0.25) is 0 Å². The van der Waals surface area contributed by atoms with Crippen LogP contribution in [0.3, 0.4) is 0 Å². The van der Waals surface area contributed by atoms with Crippen molar-refractivity contribution >= 4 is 17.6 Å². The maximum atomic E-state index is 12.8. The Labute approximate surface area is 150 Å². The molecule has 2 aromatic rings. The molecule has 0 aromatic heterocycles. The van der Waals surface area contributed by atoms with Crippen molar-refractivity contribution in [2.24, 2.45) is 0 Å². The van der Waals surface area contributed by atoms with Crippen LogP contribution in [-0.4, -0.2) is 31.2 Å². The van der Waals surface area contributed by atoms with Crippen molar-refractivity contribution in [1.29, 1.82) is 0 Å². The lowest BCUT2D eigenvalue weighted by Gasteiger charge is -2.14. The number of hydrogen-bond acceptors (Lipinski definition) is 5. The van der Waals surface area contributed by atoms with Gasteiger partial charge in [-0.05, 0) is 62.4 Å². The van der Waals surface area contributed by atoms with Crippen LogP contribution >= 0.6 is 0 Å². The molecule has 138 valence electrons. The van der Waals surface area contributed by atoms with Gasteiger partial charge < -0.3 is 19.5 Å². The van der Waals surface area contributed by atoms with Crippen molar-refractivity contribution < 1.29 is 28.2 Å². The number of ether oxygens (including phenoxy) is 3. The number of hydrogen-bond donors (Lipinski definition) is 1. The summed E-state index contributed by atoms with van der Waals surface area (Å²) in [6.07, 6.45) is -0.932. The molecule has 0 saturated heterocycles. The zero-order valence-corrected chi connectivity index (χ0v) is 14.5. The molecule has 0 bridgehead atoms. The van der Waals surface area contributed by atoms with Gasteiger partial charge in [0.25, 0.3) is 5.91 Å². The van der Waals surface area contributed by atoms with Gasteiger partial charge in [-0.15, -0.1) is 0 Å². The first-order valence-electron chi connectivity index (χ1n) is 8.09.